The van der Waals surface area contributed by atoms with Crippen molar-refractivity contribution in [1.82, 2.24) is 15.1 Å². The number of hydrogen-bond donors (Lipinski definition) is 1. The highest BCUT2D eigenvalue weighted by atomic mass is 16.5. The van der Waals surface area contributed by atoms with Crippen LogP contribution in [-0.2, 0) is 13.0 Å². The molecule has 0 bridgehead atoms. The number of rotatable bonds is 7. The molecule has 0 aliphatic rings. The Balaban J connectivity index is 1.95. The maximum atomic E-state index is 12.2. The van der Waals surface area contributed by atoms with E-state index in [4.69, 9.17) is 4.74 Å². The number of benzene rings is 1. The Bertz CT molecular complexity index is 578. The average molecular weight is 287 g/mol. The highest BCUT2D eigenvalue weighted by Gasteiger charge is 2.16. The van der Waals surface area contributed by atoms with Crippen LogP contribution in [0.15, 0.2) is 36.5 Å². The molecule has 0 unspecified atom stereocenters. The smallest absolute Gasteiger partial charge is 0.258 e. The summed E-state index contributed by atoms with van der Waals surface area (Å²) < 4.78 is 7.12. The van der Waals surface area contributed by atoms with Crippen molar-refractivity contribution in [2.75, 3.05) is 13.2 Å². The number of ether oxygens (including phenoxy) is 1. The second-order valence-corrected chi connectivity index (χ2v) is 4.63. The fourth-order valence-corrected chi connectivity index (χ4v) is 2.02. The Morgan fingerprint density at radius 3 is 2.71 bits per heavy atom. The van der Waals surface area contributed by atoms with E-state index in [0.717, 1.165) is 6.42 Å². The van der Waals surface area contributed by atoms with Crippen LogP contribution in [-0.4, -0.2) is 28.8 Å². The van der Waals surface area contributed by atoms with Gasteiger partial charge in [0.2, 0.25) is 5.88 Å². The summed E-state index contributed by atoms with van der Waals surface area (Å²) in [7, 11) is 0. The molecule has 5 nitrogen and oxygen atoms in total. The van der Waals surface area contributed by atoms with E-state index < -0.39 is 0 Å². The first kappa shape index (κ1) is 15.1. The molecule has 1 amide bonds. The van der Waals surface area contributed by atoms with E-state index in [1.165, 1.54) is 5.56 Å². The van der Waals surface area contributed by atoms with E-state index in [1.54, 1.807) is 10.9 Å². The van der Waals surface area contributed by atoms with Gasteiger partial charge in [0.25, 0.3) is 5.91 Å². The molecule has 0 aliphatic carbocycles. The van der Waals surface area contributed by atoms with Crippen LogP contribution in [0.4, 0.5) is 0 Å². The van der Waals surface area contributed by atoms with Gasteiger partial charge in [-0.15, -0.1) is 5.10 Å². The highest BCUT2D eigenvalue weighted by Crippen LogP contribution is 2.15. The van der Waals surface area contributed by atoms with Gasteiger partial charge in [-0.1, -0.05) is 30.3 Å². The van der Waals surface area contributed by atoms with Gasteiger partial charge in [-0.05, 0) is 25.8 Å². The number of hydrogen-bond acceptors (Lipinski definition) is 3. The summed E-state index contributed by atoms with van der Waals surface area (Å²) in [6.07, 6.45) is 2.53. The third-order valence-electron chi connectivity index (χ3n) is 3.12. The highest BCUT2D eigenvalue weighted by molar-refractivity contribution is 5.96. The molecule has 2 aromatic rings. The van der Waals surface area contributed by atoms with Crippen molar-refractivity contribution in [2.24, 2.45) is 0 Å². The Morgan fingerprint density at radius 2 is 2.05 bits per heavy atom. The lowest BCUT2D eigenvalue weighted by Crippen LogP contribution is -2.25. The first-order valence-electron chi connectivity index (χ1n) is 7.27. The SMILES string of the molecule is CCOc1nn(CC)cc1C(=O)NCCc1ccccc1. The quantitative estimate of drug-likeness (QED) is 0.850. The zero-order chi connectivity index (χ0) is 15.1. The summed E-state index contributed by atoms with van der Waals surface area (Å²) in [5.41, 5.74) is 1.69. The zero-order valence-corrected chi connectivity index (χ0v) is 12.5. The van der Waals surface area contributed by atoms with Gasteiger partial charge < -0.3 is 10.1 Å². The fourth-order valence-electron chi connectivity index (χ4n) is 2.02. The topological polar surface area (TPSA) is 56.2 Å². The van der Waals surface area contributed by atoms with Gasteiger partial charge in [0.1, 0.15) is 5.56 Å². The van der Waals surface area contributed by atoms with Crippen LogP contribution >= 0.6 is 0 Å². The van der Waals surface area contributed by atoms with Gasteiger partial charge in [-0.2, -0.15) is 0 Å². The predicted octanol–water partition coefficient (Wildman–Crippen LogP) is 2.27. The standard InChI is InChI=1S/C16H21N3O2/c1-3-19-12-14(16(18-19)21-4-2)15(20)17-11-10-13-8-6-5-7-9-13/h5-9,12H,3-4,10-11H2,1-2H3,(H,17,20). The fraction of sp³-hybridized carbons (Fsp3) is 0.375. The molecule has 1 heterocycles. The molecule has 0 spiro atoms. The number of carbonyl (C=O) groups is 1. The van der Waals surface area contributed by atoms with E-state index in [9.17, 15) is 4.79 Å². The van der Waals surface area contributed by atoms with Crippen molar-refractivity contribution in [3.63, 3.8) is 0 Å². The number of nitrogens with zero attached hydrogens (tertiary/aromatic N) is 2. The molecule has 0 saturated heterocycles. The third kappa shape index (κ3) is 4.08. The zero-order valence-electron chi connectivity index (χ0n) is 12.5. The maximum absolute atomic E-state index is 12.2. The molecule has 1 N–H and O–H groups in total. The molecular formula is C16H21N3O2. The molecule has 0 saturated carbocycles. The lowest BCUT2D eigenvalue weighted by molar-refractivity contribution is 0.0950. The lowest BCUT2D eigenvalue weighted by Gasteiger charge is -2.05. The van der Waals surface area contributed by atoms with E-state index in [0.29, 0.717) is 31.1 Å². The van der Waals surface area contributed by atoms with Crippen LogP contribution in [0.3, 0.4) is 0 Å². The van der Waals surface area contributed by atoms with Gasteiger partial charge in [0, 0.05) is 19.3 Å². The number of carbonyl (C=O) groups excluding carboxylic acids is 1. The summed E-state index contributed by atoms with van der Waals surface area (Å²) in [4.78, 5) is 12.2. The third-order valence-corrected chi connectivity index (χ3v) is 3.12. The first-order chi connectivity index (χ1) is 10.2. The van der Waals surface area contributed by atoms with Crippen molar-refractivity contribution in [3.05, 3.63) is 47.7 Å². The van der Waals surface area contributed by atoms with Gasteiger partial charge in [0.05, 0.1) is 6.61 Å². The van der Waals surface area contributed by atoms with E-state index >= 15 is 0 Å². The average Bonchev–Trinajstić information content (AvgIpc) is 2.92. The Kier molecular flexibility index (Phi) is 5.37. The van der Waals surface area contributed by atoms with E-state index in [-0.39, 0.29) is 5.91 Å². The molecular weight excluding hydrogens is 266 g/mol. The number of amides is 1. The van der Waals surface area contributed by atoms with Crippen LogP contribution in [0.2, 0.25) is 0 Å². The van der Waals surface area contributed by atoms with Crippen molar-refractivity contribution < 1.29 is 9.53 Å². The molecule has 1 aromatic carbocycles. The molecule has 21 heavy (non-hydrogen) atoms. The van der Waals surface area contributed by atoms with Crippen LogP contribution in [0.5, 0.6) is 5.88 Å². The summed E-state index contributed by atoms with van der Waals surface area (Å²) >= 11 is 0. The molecule has 0 aliphatic heterocycles. The second kappa shape index (κ2) is 7.47. The van der Waals surface area contributed by atoms with Gasteiger partial charge >= 0.3 is 0 Å². The Labute approximate surface area is 124 Å². The summed E-state index contributed by atoms with van der Waals surface area (Å²) in [5.74, 6) is 0.255. The lowest BCUT2D eigenvalue weighted by atomic mass is 10.1. The van der Waals surface area contributed by atoms with Crippen LogP contribution in [0.25, 0.3) is 0 Å². The molecule has 1 aromatic heterocycles. The van der Waals surface area contributed by atoms with E-state index in [1.807, 2.05) is 44.2 Å². The molecule has 0 atom stereocenters. The molecule has 5 heteroatoms. The Hall–Kier alpha value is -2.30. The van der Waals surface area contributed by atoms with Crippen molar-refractivity contribution >= 4 is 5.91 Å². The summed E-state index contributed by atoms with van der Waals surface area (Å²) in [5, 5.41) is 7.15. The monoisotopic (exact) mass is 287 g/mol. The van der Waals surface area contributed by atoms with E-state index in [2.05, 4.69) is 10.4 Å². The van der Waals surface area contributed by atoms with Crippen LogP contribution in [0.1, 0.15) is 29.8 Å². The van der Waals surface area contributed by atoms with Gasteiger partial charge in [-0.25, -0.2) is 0 Å². The summed E-state index contributed by atoms with van der Waals surface area (Å²) in [6.45, 7) is 5.63. The second-order valence-electron chi connectivity index (χ2n) is 4.63. The van der Waals surface area contributed by atoms with Crippen molar-refractivity contribution in [1.29, 1.82) is 0 Å². The van der Waals surface area contributed by atoms with Crippen LogP contribution in [0, 0.1) is 0 Å². The molecule has 112 valence electrons. The minimum absolute atomic E-state index is 0.144. The Morgan fingerprint density at radius 1 is 1.29 bits per heavy atom. The first-order valence-corrected chi connectivity index (χ1v) is 7.27. The molecule has 2 rings (SSSR count). The van der Waals surface area contributed by atoms with Gasteiger partial charge in [-0.3, -0.25) is 9.48 Å². The van der Waals surface area contributed by atoms with Crippen molar-refractivity contribution in [3.8, 4) is 5.88 Å². The largest absolute Gasteiger partial charge is 0.476 e. The summed E-state index contributed by atoms with van der Waals surface area (Å²) in [6, 6.07) is 10.1. The van der Waals surface area contributed by atoms with Crippen LogP contribution < -0.4 is 10.1 Å². The van der Waals surface area contributed by atoms with Crippen molar-refractivity contribution in [2.45, 2.75) is 26.8 Å². The predicted molar refractivity (Wildman–Crippen MR) is 81.5 cm³/mol. The number of nitrogens with one attached hydrogen (secondary N) is 1. The molecule has 0 fully saturated rings. The molecule has 0 radical (unpaired) electrons. The number of aryl methyl sites for hydroxylation is 1. The minimum Gasteiger partial charge on any atom is -0.476 e. The normalized spacial score (nSPS) is 10.4. The maximum Gasteiger partial charge on any atom is 0.258 e. The van der Waals surface area contributed by atoms with Gasteiger partial charge in [0.15, 0.2) is 0 Å². The minimum atomic E-state index is -0.144. The number of aromatic nitrogens is 2.